The van der Waals surface area contributed by atoms with E-state index in [1.807, 2.05) is 6.20 Å². The first kappa shape index (κ1) is 12.1. The van der Waals surface area contributed by atoms with Crippen LogP contribution in [0.4, 0.5) is 0 Å². The molecule has 0 unspecified atom stereocenters. The van der Waals surface area contributed by atoms with Crippen molar-refractivity contribution in [2.24, 2.45) is 0 Å². The van der Waals surface area contributed by atoms with E-state index < -0.39 is 0 Å². The van der Waals surface area contributed by atoms with E-state index in [-0.39, 0.29) is 13.2 Å². The molecule has 0 aromatic carbocycles. The van der Waals surface area contributed by atoms with Gasteiger partial charge in [0.25, 0.3) is 0 Å². The molecule has 0 fully saturated rings. The fourth-order valence-electron chi connectivity index (χ4n) is 1.21. The van der Waals surface area contributed by atoms with Gasteiger partial charge in [0.1, 0.15) is 0 Å². The quantitative estimate of drug-likeness (QED) is 0.490. The fraction of sp³-hybridized carbons (Fsp3) is 0.778. The Bertz CT molecular complexity index is 264. The second-order valence-electron chi connectivity index (χ2n) is 3.30. The highest BCUT2D eigenvalue weighted by molar-refractivity contribution is 4.91. The van der Waals surface area contributed by atoms with Crippen molar-refractivity contribution in [3.63, 3.8) is 0 Å². The maximum absolute atomic E-state index is 8.67. The second-order valence-corrected chi connectivity index (χ2v) is 3.30. The molecule has 1 rings (SSSR count). The highest BCUT2D eigenvalue weighted by atomic mass is 16.3. The summed E-state index contributed by atoms with van der Waals surface area (Å²) in [5.41, 5.74) is 0.868. The van der Waals surface area contributed by atoms with Crippen molar-refractivity contribution >= 4 is 0 Å². The monoisotopic (exact) mass is 214 g/mol. The van der Waals surface area contributed by atoms with Gasteiger partial charge in [-0.15, -0.1) is 5.10 Å². The molecule has 1 aromatic rings. The summed E-state index contributed by atoms with van der Waals surface area (Å²) in [6.07, 6.45) is 3.60. The maximum atomic E-state index is 8.67. The minimum atomic E-state index is 0.0761. The number of unbranched alkanes of at least 4 members (excludes halogenated alkanes) is 1. The normalized spacial score (nSPS) is 10.8. The lowest BCUT2D eigenvalue weighted by Crippen LogP contribution is -2.15. The van der Waals surface area contributed by atoms with E-state index in [1.54, 1.807) is 4.68 Å². The van der Waals surface area contributed by atoms with E-state index in [0.29, 0.717) is 13.1 Å². The Morgan fingerprint density at radius 3 is 2.87 bits per heavy atom. The van der Waals surface area contributed by atoms with Crippen molar-refractivity contribution in [2.45, 2.75) is 25.9 Å². The Balaban J connectivity index is 2.14. The molecule has 0 atom stereocenters. The van der Waals surface area contributed by atoms with E-state index in [9.17, 15) is 0 Å². The zero-order valence-electron chi connectivity index (χ0n) is 8.76. The van der Waals surface area contributed by atoms with Crippen LogP contribution in [0, 0.1) is 0 Å². The molecule has 0 saturated carbocycles. The minimum absolute atomic E-state index is 0.0761. The highest BCUT2D eigenvalue weighted by Crippen LogP contribution is 1.92. The lowest BCUT2D eigenvalue weighted by Gasteiger charge is -2.00. The van der Waals surface area contributed by atoms with Crippen LogP contribution in [0.1, 0.15) is 18.5 Å². The Hall–Kier alpha value is -0.980. The third-order valence-electron chi connectivity index (χ3n) is 1.98. The van der Waals surface area contributed by atoms with Gasteiger partial charge < -0.3 is 15.5 Å². The molecule has 0 radical (unpaired) electrons. The Kier molecular flexibility index (Phi) is 5.91. The van der Waals surface area contributed by atoms with Gasteiger partial charge in [-0.2, -0.15) is 0 Å². The first-order valence-corrected chi connectivity index (χ1v) is 5.18. The van der Waals surface area contributed by atoms with Gasteiger partial charge in [-0.25, -0.2) is 4.68 Å². The molecule has 3 N–H and O–H groups in total. The fourth-order valence-corrected chi connectivity index (χ4v) is 1.21. The van der Waals surface area contributed by atoms with Gasteiger partial charge in [0.15, 0.2) is 0 Å². The van der Waals surface area contributed by atoms with Crippen LogP contribution in [-0.4, -0.2) is 45.0 Å². The summed E-state index contributed by atoms with van der Waals surface area (Å²) in [6.45, 7) is 2.35. The average Bonchev–Trinajstić information content (AvgIpc) is 2.66. The van der Waals surface area contributed by atoms with Gasteiger partial charge in [0.05, 0.1) is 18.8 Å². The van der Waals surface area contributed by atoms with Crippen LogP contribution in [-0.2, 0) is 13.1 Å². The lowest BCUT2D eigenvalue weighted by atomic mass is 10.3. The molecule has 0 spiro atoms. The number of aliphatic hydroxyl groups excluding tert-OH is 2. The van der Waals surface area contributed by atoms with Crippen LogP contribution in [0.5, 0.6) is 0 Å². The molecule has 6 nitrogen and oxygen atoms in total. The third kappa shape index (κ3) is 4.87. The van der Waals surface area contributed by atoms with Gasteiger partial charge in [0, 0.05) is 19.3 Å². The van der Waals surface area contributed by atoms with Gasteiger partial charge >= 0.3 is 0 Å². The summed E-state index contributed by atoms with van der Waals surface area (Å²) in [5, 5.41) is 28.2. The smallest absolute Gasteiger partial charge is 0.0964 e. The molecule has 86 valence electrons. The average molecular weight is 214 g/mol. The van der Waals surface area contributed by atoms with Crippen molar-refractivity contribution in [3.05, 3.63) is 11.9 Å². The van der Waals surface area contributed by atoms with Crippen molar-refractivity contribution in [3.8, 4) is 0 Å². The number of rotatable bonds is 8. The van der Waals surface area contributed by atoms with Gasteiger partial charge in [-0.3, -0.25) is 0 Å². The highest BCUT2D eigenvalue weighted by Gasteiger charge is 1.99. The summed E-state index contributed by atoms with van der Waals surface area (Å²) in [6, 6.07) is 0. The standard InChI is InChI=1S/C9H18N4O2/c14-5-2-1-3-10-7-9-8-13(4-6-15)12-11-9/h8,10,14-15H,1-7H2. The molecule has 0 aliphatic carbocycles. The van der Waals surface area contributed by atoms with Crippen LogP contribution < -0.4 is 5.32 Å². The molecule has 0 aliphatic rings. The predicted octanol–water partition coefficient (Wildman–Crippen LogP) is -0.867. The topological polar surface area (TPSA) is 83.2 Å². The molecule has 15 heavy (non-hydrogen) atoms. The van der Waals surface area contributed by atoms with Crippen molar-refractivity contribution < 1.29 is 10.2 Å². The molecule has 1 aromatic heterocycles. The van der Waals surface area contributed by atoms with Crippen molar-refractivity contribution in [1.29, 1.82) is 0 Å². The zero-order chi connectivity index (χ0) is 10.9. The van der Waals surface area contributed by atoms with Crippen LogP contribution in [0.3, 0.4) is 0 Å². The maximum Gasteiger partial charge on any atom is 0.0964 e. The molecule has 0 saturated heterocycles. The summed E-state index contributed by atoms with van der Waals surface area (Å²) in [4.78, 5) is 0. The van der Waals surface area contributed by atoms with Crippen molar-refractivity contribution in [1.82, 2.24) is 20.3 Å². The first-order valence-electron chi connectivity index (χ1n) is 5.18. The summed E-state index contributed by atoms with van der Waals surface area (Å²) < 4.78 is 1.62. The van der Waals surface area contributed by atoms with E-state index in [4.69, 9.17) is 10.2 Å². The van der Waals surface area contributed by atoms with Gasteiger partial charge in [0.2, 0.25) is 0 Å². The Labute approximate surface area is 88.9 Å². The Morgan fingerprint density at radius 2 is 2.13 bits per heavy atom. The molecular weight excluding hydrogens is 196 g/mol. The number of hydrogen-bond acceptors (Lipinski definition) is 5. The molecule has 0 bridgehead atoms. The molecular formula is C9H18N4O2. The number of nitrogens with one attached hydrogen (secondary N) is 1. The predicted molar refractivity (Wildman–Crippen MR) is 55.1 cm³/mol. The van der Waals surface area contributed by atoms with Crippen LogP contribution in [0.2, 0.25) is 0 Å². The van der Waals surface area contributed by atoms with E-state index in [0.717, 1.165) is 25.1 Å². The first-order chi connectivity index (χ1) is 7.36. The Morgan fingerprint density at radius 1 is 1.27 bits per heavy atom. The van der Waals surface area contributed by atoms with E-state index >= 15 is 0 Å². The molecule has 6 heteroatoms. The van der Waals surface area contributed by atoms with E-state index in [2.05, 4.69) is 15.6 Å². The largest absolute Gasteiger partial charge is 0.396 e. The van der Waals surface area contributed by atoms with Gasteiger partial charge in [-0.05, 0) is 19.4 Å². The number of aromatic nitrogens is 3. The van der Waals surface area contributed by atoms with Crippen LogP contribution in [0.25, 0.3) is 0 Å². The lowest BCUT2D eigenvalue weighted by molar-refractivity contribution is 0.268. The SMILES string of the molecule is OCCCCNCc1cn(CCO)nn1. The number of nitrogens with zero attached hydrogens (tertiary/aromatic N) is 3. The van der Waals surface area contributed by atoms with Gasteiger partial charge in [-0.1, -0.05) is 5.21 Å². The molecule has 0 amide bonds. The number of aliphatic hydroxyl groups is 2. The zero-order valence-corrected chi connectivity index (χ0v) is 8.76. The summed E-state index contributed by atoms with van der Waals surface area (Å²) in [7, 11) is 0. The molecule has 0 aliphatic heterocycles. The summed E-state index contributed by atoms with van der Waals surface area (Å²) in [5.74, 6) is 0. The van der Waals surface area contributed by atoms with Crippen molar-refractivity contribution in [2.75, 3.05) is 19.8 Å². The number of hydrogen-bond donors (Lipinski definition) is 3. The summed E-state index contributed by atoms with van der Waals surface area (Å²) >= 11 is 0. The molecule has 1 heterocycles. The third-order valence-corrected chi connectivity index (χ3v) is 1.98. The second kappa shape index (κ2) is 7.33. The van der Waals surface area contributed by atoms with Crippen LogP contribution >= 0.6 is 0 Å². The minimum Gasteiger partial charge on any atom is -0.396 e. The van der Waals surface area contributed by atoms with Crippen LogP contribution in [0.15, 0.2) is 6.20 Å². The van der Waals surface area contributed by atoms with E-state index in [1.165, 1.54) is 0 Å².